The number of carbonyl (C=O) groups is 1. The van der Waals surface area contributed by atoms with Gasteiger partial charge in [-0.2, -0.15) is 9.97 Å². The maximum Gasteiger partial charge on any atom is 0.244 e. The molecule has 0 aliphatic carbocycles. The molecule has 7 heteroatoms. The average molecular weight is 267 g/mol. The minimum atomic E-state index is -0.390. The summed E-state index contributed by atoms with van der Waals surface area (Å²) in [5.41, 5.74) is 5.56. The molecule has 1 atom stereocenters. The molecule has 1 aromatic rings. The molecular weight excluding hydrogens is 246 g/mol. The first kappa shape index (κ1) is 15.0. The van der Waals surface area contributed by atoms with Gasteiger partial charge < -0.3 is 20.7 Å². The Bertz CT molecular complexity index is 434. The summed E-state index contributed by atoms with van der Waals surface area (Å²) in [7, 11) is 1.50. The Hall–Kier alpha value is -2.05. The van der Waals surface area contributed by atoms with Gasteiger partial charge in [0.15, 0.2) is 0 Å². The number of nitrogen functional groups attached to an aromatic ring is 1. The highest BCUT2D eigenvalue weighted by molar-refractivity contribution is 5.84. The van der Waals surface area contributed by atoms with Gasteiger partial charge in [-0.05, 0) is 20.8 Å². The predicted octanol–water partition coefficient (Wildman–Crippen LogP) is 0.736. The van der Waals surface area contributed by atoms with Gasteiger partial charge in [0.2, 0.25) is 17.7 Å². The van der Waals surface area contributed by atoms with Crippen LogP contribution in [-0.4, -0.2) is 47.0 Å². The zero-order valence-electron chi connectivity index (χ0n) is 11.8. The largest absolute Gasteiger partial charge is 0.481 e. The summed E-state index contributed by atoms with van der Waals surface area (Å²) >= 11 is 0. The summed E-state index contributed by atoms with van der Waals surface area (Å²) in [6.45, 7) is 7.03. The molecule has 19 heavy (non-hydrogen) atoms. The molecule has 3 N–H and O–H groups in total. The highest BCUT2D eigenvalue weighted by atomic mass is 16.5. The van der Waals surface area contributed by atoms with E-state index in [1.807, 2.05) is 13.8 Å². The number of nitrogens with one attached hydrogen (secondary N) is 1. The van der Waals surface area contributed by atoms with Gasteiger partial charge in [-0.1, -0.05) is 0 Å². The van der Waals surface area contributed by atoms with Crippen molar-refractivity contribution in [2.75, 3.05) is 31.2 Å². The summed E-state index contributed by atoms with van der Waals surface area (Å²) in [5, 5.41) is 3.00. The molecule has 0 saturated carbocycles. The van der Waals surface area contributed by atoms with E-state index in [2.05, 4.69) is 15.3 Å². The number of carbonyl (C=O) groups excluding carboxylic acids is 1. The number of hydrogen-bond donors (Lipinski definition) is 2. The first-order chi connectivity index (χ1) is 9.01. The Morgan fingerprint density at radius 3 is 2.63 bits per heavy atom. The Labute approximate surface area is 113 Å². The second-order valence-corrected chi connectivity index (χ2v) is 4.03. The summed E-state index contributed by atoms with van der Waals surface area (Å²) in [5.74, 6) is 0.945. The van der Waals surface area contributed by atoms with Crippen LogP contribution in [0.5, 0.6) is 5.88 Å². The second-order valence-electron chi connectivity index (χ2n) is 4.03. The molecule has 0 aromatic carbocycles. The lowest BCUT2D eigenvalue weighted by Gasteiger charge is -2.23. The fraction of sp³-hybridized carbons (Fsp3) is 0.583. The molecule has 1 amide bonds. The van der Waals surface area contributed by atoms with Gasteiger partial charge in [0.05, 0.1) is 7.11 Å². The number of anilines is 2. The van der Waals surface area contributed by atoms with Crippen LogP contribution in [0.2, 0.25) is 0 Å². The zero-order chi connectivity index (χ0) is 14.4. The Morgan fingerprint density at radius 2 is 2.11 bits per heavy atom. The second kappa shape index (κ2) is 6.77. The molecule has 0 spiro atoms. The van der Waals surface area contributed by atoms with E-state index in [1.165, 1.54) is 7.11 Å². The van der Waals surface area contributed by atoms with E-state index in [0.29, 0.717) is 24.8 Å². The van der Waals surface area contributed by atoms with Crippen molar-refractivity contribution in [1.29, 1.82) is 0 Å². The molecule has 0 fully saturated rings. The quantitative estimate of drug-likeness (QED) is 0.789. The van der Waals surface area contributed by atoms with Crippen LogP contribution in [0.3, 0.4) is 0 Å². The SMILES string of the molecule is CCN(CC)C(=O)C(C)Nc1cc(OC)nc(N)n1. The molecule has 106 valence electrons. The van der Waals surface area contributed by atoms with E-state index >= 15 is 0 Å². The van der Waals surface area contributed by atoms with E-state index in [-0.39, 0.29) is 17.9 Å². The van der Waals surface area contributed by atoms with Gasteiger partial charge in [-0.15, -0.1) is 0 Å². The maximum atomic E-state index is 12.1. The molecule has 0 bridgehead atoms. The number of methoxy groups -OCH3 is 1. The minimum Gasteiger partial charge on any atom is -0.481 e. The van der Waals surface area contributed by atoms with Crippen molar-refractivity contribution in [3.05, 3.63) is 6.07 Å². The summed E-state index contributed by atoms with van der Waals surface area (Å²) in [6, 6.07) is 1.21. The van der Waals surface area contributed by atoms with Crippen molar-refractivity contribution >= 4 is 17.7 Å². The molecule has 0 saturated heterocycles. The van der Waals surface area contributed by atoms with E-state index in [1.54, 1.807) is 17.9 Å². The topological polar surface area (TPSA) is 93.4 Å². The van der Waals surface area contributed by atoms with Crippen LogP contribution in [0.1, 0.15) is 20.8 Å². The lowest BCUT2D eigenvalue weighted by Crippen LogP contribution is -2.41. The van der Waals surface area contributed by atoms with Crippen molar-refractivity contribution in [3.8, 4) is 5.88 Å². The van der Waals surface area contributed by atoms with Gasteiger partial charge in [0.1, 0.15) is 11.9 Å². The van der Waals surface area contributed by atoms with Crippen molar-refractivity contribution in [2.45, 2.75) is 26.8 Å². The highest BCUT2D eigenvalue weighted by Gasteiger charge is 2.18. The summed E-state index contributed by atoms with van der Waals surface area (Å²) in [4.78, 5) is 21.8. The van der Waals surface area contributed by atoms with E-state index < -0.39 is 0 Å². The van der Waals surface area contributed by atoms with E-state index in [0.717, 1.165) is 0 Å². The Kier molecular flexibility index (Phi) is 5.35. The van der Waals surface area contributed by atoms with Crippen molar-refractivity contribution in [1.82, 2.24) is 14.9 Å². The van der Waals surface area contributed by atoms with Crippen LogP contribution < -0.4 is 15.8 Å². The van der Waals surface area contributed by atoms with Gasteiger partial charge in [-0.25, -0.2) is 0 Å². The number of aromatic nitrogens is 2. The average Bonchev–Trinajstić information content (AvgIpc) is 2.39. The smallest absolute Gasteiger partial charge is 0.244 e. The van der Waals surface area contributed by atoms with Crippen LogP contribution in [-0.2, 0) is 4.79 Å². The molecule has 0 radical (unpaired) electrons. The fourth-order valence-electron chi connectivity index (χ4n) is 1.71. The van der Waals surface area contributed by atoms with Crippen molar-refractivity contribution in [2.24, 2.45) is 0 Å². The van der Waals surface area contributed by atoms with Crippen LogP contribution in [0, 0.1) is 0 Å². The highest BCUT2D eigenvalue weighted by Crippen LogP contribution is 2.15. The van der Waals surface area contributed by atoms with Crippen LogP contribution in [0.25, 0.3) is 0 Å². The van der Waals surface area contributed by atoms with Gasteiger partial charge in [0.25, 0.3) is 0 Å². The fourth-order valence-corrected chi connectivity index (χ4v) is 1.71. The van der Waals surface area contributed by atoms with Crippen molar-refractivity contribution < 1.29 is 9.53 Å². The molecule has 7 nitrogen and oxygen atoms in total. The van der Waals surface area contributed by atoms with Crippen molar-refractivity contribution in [3.63, 3.8) is 0 Å². The molecule has 0 aliphatic rings. The van der Waals surface area contributed by atoms with Crippen LogP contribution in [0.15, 0.2) is 6.07 Å². The number of amides is 1. The number of hydrogen-bond acceptors (Lipinski definition) is 6. The van der Waals surface area contributed by atoms with Crippen LogP contribution >= 0.6 is 0 Å². The Morgan fingerprint density at radius 1 is 1.47 bits per heavy atom. The third kappa shape index (κ3) is 3.97. The molecule has 1 aromatic heterocycles. The number of nitrogens with zero attached hydrogens (tertiary/aromatic N) is 3. The number of rotatable bonds is 6. The Balaban J connectivity index is 2.78. The lowest BCUT2D eigenvalue weighted by molar-refractivity contribution is -0.131. The third-order valence-electron chi connectivity index (χ3n) is 2.74. The monoisotopic (exact) mass is 267 g/mol. The minimum absolute atomic E-state index is 0.0150. The van der Waals surface area contributed by atoms with Gasteiger partial charge in [0, 0.05) is 19.2 Å². The summed E-state index contributed by atoms with van der Waals surface area (Å²) < 4.78 is 5.00. The third-order valence-corrected chi connectivity index (χ3v) is 2.74. The predicted molar refractivity (Wildman–Crippen MR) is 74.0 cm³/mol. The molecule has 1 rings (SSSR count). The number of nitrogens with two attached hydrogens (primary N) is 1. The van der Waals surface area contributed by atoms with E-state index in [9.17, 15) is 4.79 Å². The van der Waals surface area contributed by atoms with Gasteiger partial charge >= 0.3 is 0 Å². The summed E-state index contributed by atoms with van der Waals surface area (Å²) in [6.07, 6.45) is 0. The maximum absolute atomic E-state index is 12.1. The standard InChI is InChI=1S/C12H21N5O2/c1-5-17(6-2)11(18)8(3)14-9-7-10(19-4)16-12(13)15-9/h7-8H,5-6H2,1-4H3,(H3,13,14,15,16). The number of likely N-dealkylation sites (N-methyl/N-ethyl adjacent to an activating group) is 1. The molecule has 0 aliphatic heterocycles. The van der Waals surface area contributed by atoms with Crippen LogP contribution in [0.4, 0.5) is 11.8 Å². The molecular formula is C12H21N5O2. The normalized spacial score (nSPS) is 11.8. The first-order valence-corrected chi connectivity index (χ1v) is 6.25. The lowest BCUT2D eigenvalue weighted by atomic mass is 10.2. The van der Waals surface area contributed by atoms with E-state index in [4.69, 9.17) is 10.5 Å². The molecule has 1 heterocycles. The zero-order valence-corrected chi connectivity index (χ0v) is 11.8. The number of ether oxygens (including phenoxy) is 1. The van der Waals surface area contributed by atoms with Gasteiger partial charge in [-0.3, -0.25) is 4.79 Å². The molecule has 1 unspecified atom stereocenters. The first-order valence-electron chi connectivity index (χ1n) is 6.25.